The van der Waals surface area contributed by atoms with E-state index in [-0.39, 0.29) is 0 Å². The van der Waals surface area contributed by atoms with Crippen LogP contribution in [0.15, 0.2) is 71.6 Å². The largest absolute Gasteiger partial charge is 0.496 e. The molecule has 3 aromatic rings. The molecule has 1 heterocycles. The molecule has 0 saturated carbocycles. The number of benzene rings is 3. The van der Waals surface area contributed by atoms with Crippen molar-refractivity contribution in [3.63, 3.8) is 0 Å². The van der Waals surface area contributed by atoms with Gasteiger partial charge in [-0.25, -0.2) is 0 Å². The number of nitrogens with one attached hydrogen (secondary N) is 2. The van der Waals surface area contributed by atoms with Gasteiger partial charge in [0, 0.05) is 31.4 Å². The zero-order valence-electron chi connectivity index (χ0n) is 19.6. The molecule has 3 aromatic carbocycles. The highest BCUT2D eigenvalue weighted by atomic mass is 32.2. The van der Waals surface area contributed by atoms with E-state index >= 15 is 0 Å². The molecule has 1 aliphatic rings. The van der Waals surface area contributed by atoms with Crippen LogP contribution < -0.4 is 24.4 Å². The van der Waals surface area contributed by atoms with Crippen LogP contribution in [-0.4, -0.2) is 33.9 Å². The Morgan fingerprint density at radius 2 is 1.73 bits per heavy atom. The van der Waals surface area contributed by atoms with E-state index < -0.39 is 0 Å². The minimum atomic E-state index is 0.378. The molecule has 5 nitrogen and oxygen atoms in total. The Balaban J connectivity index is 1.34. The van der Waals surface area contributed by atoms with Gasteiger partial charge in [0.2, 0.25) is 0 Å². The number of methoxy groups -OCH3 is 2. The second kappa shape index (κ2) is 11.3. The highest BCUT2D eigenvalue weighted by molar-refractivity contribution is 8.00. The lowest BCUT2D eigenvalue weighted by Gasteiger charge is -2.31. The number of aryl methyl sites for hydroxylation is 1. The summed E-state index contributed by atoms with van der Waals surface area (Å²) >= 11 is 1.58. The van der Waals surface area contributed by atoms with E-state index in [2.05, 4.69) is 70.4 Å². The molecule has 0 radical (unpaired) electrons. The van der Waals surface area contributed by atoms with Gasteiger partial charge in [0.1, 0.15) is 11.5 Å². The van der Waals surface area contributed by atoms with Crippen molar-refractivity contribution in [1.82, 2.24) is 5.32 Å². The van der Waals surface area contributed by atoms with Crippen LogP contribution in [0.25, 0.3) is 0 Å². The fourth-order valence-corrected chi connectivity index (χ4v) is 5.11. The van der Waals surface area contributed by atoms with Gasteiger partial charge >= 0.3 is 0 Å². The van der Waals surface area contributed by atoms with Gasteiger partial charge in [0.25, 0.3) is 0 Å². The van der Waals surface area contributed by atoms with Gasteiger partial charge in [0.15, 0.2) is 0 Å². The summed E-state index contributed by atoms with van der Waals surface area (Å²) in [5, 5.41) is 3.75. The number of anilines is 2. The molecule has 1 aliphatic heterocycles. The Bertz CT molecular complexity index is 1030. The van der Waals surface area contributed by atoms with E-state index in [4.69, 9.17) is 9.47 Å². The summed E-state index contributed by atoms with van der Waals surface area (Å²) in [5.74, 6) is 1.83. The maximum atomic E-state index is 5.56. The molecule has 1 saturated heterocycles. The molecule has 0 amide bonds. The van der Waals surface area contributed by atoms with E-state index in [1.54, 1.807) is 26.2 Å². The number of para-hydroxylation sites is 2. The van der Waals surface area contributed by atoms with Gasteiger partial charge in [-0.05, 0) is 79.2 Å². The molecule has 2 N–H and O–H groups in total. The first-order chi connectivity index (χ1) is 16.2. The zero-order valence-corrected chi connectivity index (χ0v) is 20.5. The van der Waals surface area contributed by atoms with E-state index in [1.807, 2.05) is 18.2 Å². The van der Waals surface area contributed by atoms with Crippen molar-refractivity contribution in [2.24, 2.45) is 0 Å². The number of nitrogens with zero attached hydrogens (tertiary/aromatic N) is 1. The minimum Gasteiger partial charge on any atom is -0.496 e. The number of ether oxygens (including phenoxy) is 2. The average molecular weight is 464 g/mol. The molecule has 0 aromatic heterocycles. The van der Waals surface area contributed by atoms with Crippen molar-refractivity contribution in [2.45, 2.75) is 30.7 Å². The highest BCUT2D eigenvalue weighted by Gasteiger charge is 2.18. The smallest absolute Gasteiger partial charge is 0.142 e. The first-order valence-corrected chi connectivity index (χ1v) is 12.3. The Morgan fingerprint density at radius 1 is 0.939 bits per heavy atom. The lowest BCUT2D eigenvalue weighted by atomic mass is 10.0. The Kier molecular flexibility index (Phi) is 8.02. The maximum Gasteiger partial charge on any atom is 0.142 e. The zero-order chi connectivity index (χ0) is 23.0. The average Bonchev–Trinajstić information content (AvgIpc) is 2.83. The van der Waals surface area contributed by atoms with Crippen molar-refractivity contribution in [3.05, 3.63) is 77.9 Å². The van der Waals surface area contributed by atoms with Crippen LogP contribution in [0.5, 0.6) is 11.5 Å². The fraction of sp³-hybridized carbons (Fsp3) is 0.333. The van der Waals surface area contributed by atoms with E-state index in [0.29, 0.717) is 6.04 Å². The van der Waals surface area contributed by atoms with E-state index in [1.165, 1.54) is 16.8 Å². The molecule has 1 atom stereocenters. The summed E-state index contributed by atoms with van der Waals surface area (Å²) in [5.41, 5.74) is 4.82. The number of hydrogen-bond donors (Lipinski definition) is 2. The molecule has 1 unspecified atom stereocenters. The van der Waals surface area contributed by atoms with Gasteiger partial charge in [0.05, 0.1) is 24.8 Å². The van der Waals surface area contributed by atoms with Crippen molar-refractivity contribution in [1.29, 1.82) is 0 Å². The second-order valence-electron chi connectivity index (χ2n) is 8.29. The third kappa shape index (κ3) is 5.95. The summed E-state index contributed by atoms with van der Waals surface area (Å²) < 4.78 is 14.5. The molecule has 4 rings (SSSR count). The Hall–Kier alpha value is -2.83. The Labute approximate surface area is 201 Å². The second-order valence-corrected chi connectivity index (χ2v) is 9.14. The van der Waals surface area contributed by atoms with Crippen molar-refractivity contribution < 1.29 is 9.47 Å². The summed E-state index contributed by atoms with van der Waals surface area (Å²) in [6, 6.07) is 23.7. The SMILES string of the molecule is COc1ccc(C)cc1SNc1ccc(C2CCCN(c3ccccc3OC)CCN2)cc1. The standard InChI is InChI=1S/C27H33N3O2S/c1-20-10-15-26(32-3)27(19-20)33-29-22-13-11-21(12-14-22)23-7-6-17-30(18-16-28-23)24-8-4-5-9-25(24)31-2/h4-5,8-15,19,23,28-29H,6-7,16-18H2,1-3H3. The molecule has 0 bridgehead atoms. The van der Waals surface area contributed by atoms with Crippen LogP contribution in [0.3, 0.4) is 0 Å². The summed E-state index contributed by atoms with van der Waals surface area (Å²) in [6.45, 7) is 5.03. The van der Waals surface area contributed by atoms with Crippen LogP contribution in [0.2, 0.25) is 0 Å². The van der Waals surface area contributed by atoms with Gasteiger partial charge in [-0.3, -0.25) is 0 Å². The van der Waals surface area contributed by atoms with Crippen molar-refractivity contribution in [2.75, 3.05) is 43.5 Å². The summed E-state index contributed by atoms with van der Waals surface area (Å²) in [6.07, 6.45) is 2.23. The van der Waals surface area contributed by atoms with Crippen LogP contribution >= 0.6 is 11.9 Å². The molecular weight excluding hydrogens is 430 g/mol. The molecule has 0 spiro atoms. The molecule has 0 aliphatic carbocycles. The van der Waals surface area contributed by atoms with Gasteiger partial charge in [-0.1, -0.05) is 30.3 Å². The summed E-state index contributed by atoms with van der Waals surface area (Å²) in [4.78, 5) is 3.51. The highest BCUT2D eigenvalue weighted by Crippen LogP contribution is 2.32. The lowest BCUT2D eigenvalue weighted by molar-refractivity contribution is 0.404. The lowest BCUT2D eigenvalue weighted by Crippen LogP contribution is -2.37. The minimum absolute atomic E-state index is 0.378. The summed E-state index contributed by atoms with van der Waals surface area (Å²) in [7, 11) is 3.45. The number of hydrogen-bond acceptors (Lipinski definition) is 6. The van der Waals surface area contributed by atoms with Crippen LogP contribution in [0.4, 0.5) is 11.4 Å². The maximum absolute atomic E-state index is 5.56. The molecule has 1 fully saturated rings. The topological polar surface area (TPSA) is 45.8 Å². The third-order valence-electron chi connectivity index (χ3n) is 6.03. The third-order valence-corrected chi connectivity index (χ3v) is 6.91. The van der Waals surface area contributed by atoms with Crippen molar-refractivity contribution in [3.8, 4) is 11.5 Å². The van der Waals surface area contributed by atoms with E-state index in [9.17, 15) is 0 Å². The molecule has 33 heavy (non-hydrogen) atoms. The molecule has 6 heteroatoms. The van der Waals surface area contributed by atoms with Crippen LogP contribution in [0.1, 0.15) is 30.0 Å². The van der Waals surface area contributed by atoms with Crippen molar-refractivity contribution >= 4 is 23.3 Å². The van der Waals surface area contributed by atoms with Gasteiger partial charge in [-0.15, -0.1) is 0 Å². The molecule has 174 valence electrons. The first kappa shape index (κ1) is 23.3. The van der Waals surface area contributed by atoms with Gasteiger partial charge in [-0.2, -0.15) is 0 Å². The number of rotatable bonds is 7. The monoisotopic (exact) mass is 463 g/mol. The van der Waals surface area contributed by atoms with Crippen LogP contribution in [-0.2, 0) is 0 Å². The quantitative estimate of drug-likeness (QED) is 0.415. The fourth-order valence-electron chi connectivity index (χ4n) is 4.25. The Morgan fingerprint density at radius 3 is 2.52 bits per heavy atom. The normalized spacial score (nSPS) is 16.6. The predicted molar refractivity (Wildman–Crippen MR) is 139 cm³/mol. The first-order valence-electron chi connectivity index (χ1n) is 11.5. The van der Waals surface area contributed by atoms with Crippen LogP contribution in [0, 0.1) is 6.92 Å². The van der Waals surface area contributed by atoms with Gasteiger partial charge < -0.3 is 24.4 Å². The van der Waals surface area contributed by atoms with E-state index in [0.717, 1.165) is 54.6 Å². The molecular formula is C27H33N3O2S. The predicted octanol–water partition coefficient (Wildman–Crippen LogP) is 6.06.